The molecule has 0 radical (unpaired) electrons. The molecule has 2 heterocycles. The molecule has 1 saturated heterocycles. The van der Waals surface area contributed by atoms with E-state index in [0.29, 0.717) is 12.3 Å². The summed E-state index contributed by atoms with van der Waals surface area (Å²) in [5.74, 6) is 0.827. The summed E-state index contributed by atoms with van der Waals surface area (Å²) in [5.41, 5.74) is 2.33. The average Bonchev–Trinajstić information content (AvgIpc) is 2.80. The van der Waals surface area contributed by atoms with Crippen molar-refractivity contribution in [3.8, 4) is 0 Å². The van der Waals surface area contributed by atoms with Gasteiger partial charge in [-0.1, -0.05) is 6.08 Å². The zero-order valence-electron chi connectivity index (χ0n) is 8.72. The highest BCUT2D eigenvalue weighted by atomic mass is 16.6. The van der Waals surface area contributed by atoms with Crippen molar-refractivity contribution in [3.05, 3.63) is 48.1 Å². The van der Waals surface area contributed by atoms with Gasteiger partial charge in [-0.05, 0) is 30.7 Å². The summed E-state index contributed by atoms with van der Waals surface area (Å²) >= 11 is 0. The molecular weight excluding hydrogens is 206 g/mol. The lowest BCUT2D eigenvalue weighted by Crippen LogP contribution is -2.44. The van der Waals surface area contributed by atoms with Crippen molar-refractivity contribution in [2.45, 2.75) is 12.0 Å². The highest BCUT2D eigenvalue weighted by molar-refractivity contribution is 5.38. The van der Waals surface area contributed by atoms with Gasteiger partial charge in [0.2, 0.25) is 0 Å². The number of ether oxygens (including phenoxy) is 1. The molecule has 3 rings (SSSR count). The van der Waals surface area contributed by atoms with Gasteiger partial charge in [-0.2, -0.15) is 0 Å². The lowest BCUT2D eigenvalue weighted by atomic mass is 9.79. The molecule has 1 aliphatic carbocycles. The molecular formula is C12H13NO3. The topological polar surface area (TPSA) is 50.7 Å². The lowest BCUT2D eigenvalue weighted by Gasteiger charge is -2.35. The predicted octanol–water partition coefficient (Wildman–Crippen LogP) is 1.14. The summed E-state index contributed by atoms with van der Waals surface area (Å²) < 4.78 is 5.48. The average molecular weight is 219 g/mol. The molecule has 16 heavy (non-hydrogen) atoms. The Morgan fingerprint density at radius 3 is 3.12 bits per heavy atom. The van der Waals surface area contributed by atoms with Gasteiger partial charge in [0.05, 0.1) is 18.2 Å². The third-order valence-electron chi connectivity index (χ3n) is 3.17. The van der Waals surface area contributed by atoms with Gasteiger partial charge in [-0.25, -0.2) is 5.48 Å². The van der Waals surface area contributed by atoms with Gasteiger partial charge in [0.25, 0.3) is 0 Å². The molecule has 0 saturated carbocycles. The fraction of sp³-hybridized carbons (Fsp3) is 0.333. The highest BCUT2D eigenvalue weighted by Crippen LogP contribution is 2.41. The van der Waals surface area contributed by atoms with Crippen LogP contribution in [0.15, 0.2) is 48.1 Å². The SMILES string of the molecule is OC1(C2=CC=CON2)C=CC=C2OCCC21. The zero-order valence-corrected chi connectivity index (χ0v) is 8.72. The van der Waals surface area contributed by atoms with Crippen molar-refractivity contribution in [2.24, 2.45) is 5.92 Å². The Labute approximate surface area is 93.5 Å². The fourth-order valence-corrected chi connectivity index (χ4v) is 2.34. The molecule has 0 spiro atoms. The number of allylic oxidation sites excluding steroid dienone is 4. The van der Waals surface area contributed by atoms with Crippen LogP contribution in [0, 0.1) is 5.92 Å². The van der Waals surface area contributed by atoms with Crippen LogP contribution in [0.2, 0.25) is 0 Å². The minimum Gasteiger partial charge on any atom is -0.497 e. The van der Waals surface area contributed by atoms with E-state index in [4.69, 9.17) is 9.57 Å². The Morgan fingerprint density at radius 2 is 2.31 bits per heavy atom. The number of aliphatic hydroxyl groups is 1. The zero-order chi connectivity index (χ0) is 11.0. The van der Waals surface area contributed by atoms with E-state index >= 15 is 0 Å². The van der Waals surface area contributed by atoms with Crippen molar-refractivity contribution in [3.63, 3.8) is 0 Å². The number of hydrogen-bond acceptors (Lipinski definition) is 4. The number of hydroxylamine groups is 1. The molecule has 3 aliphatic rings. The van der Waals surface area contributed by atoms with Crippen molar-refractivity contribution in [2.75, 3.05) is 6.61 Å². The van der Waals surface area contributed by atoms with Crippen LogP contribution in [0.25, 0.3) is 0 Å². The highest BCUT2D eigenvalue weighted by Gasteiger charge is 2.45. The number of hydrogen-bond donors (Lipinski definition) is 2. The number of fused-ring (bicyclic) bond motifs is 1. The lowest BCUT2D eigenvalue weighted by molar-refractivity contribution is 0.0341. The Bertz CT molecular complexity index is 422. The molecule has 2 atom stereocenters. The van der Waals surface area contributed by atoms with Crippen LogP contribution in [0.4, 0.5) is 0 Å². The van der Waals surface area contributed by atoms with Crippen LogP contribution < -0.4 is 5.48 Å². The Kier molecular flexibility index (Phi) is 2.04. The maximum absolute atomic E-state index is 10.7. The van der Waals surface area contributed by atoms with E-state index in [2.05, 4.69) is 5.48 Å². The summed E-state index contributed by atoms with van der Waals surface area (Å²) in [6.07, 6.45) is 11.4. The van der Waals surface area contributed by atoms with Crippen LogP contribution in [-0.2, 0) is 9.57 Å². The molecule has 2 N–H and O–H groups in total. The molecule has 0 aromatic rings. The van der Waals surface area contributed by atoms with Crippen molar-refractivity contribution in [1.29, 1.82) is 0 Å². The first kappa shape index (κ1) is 9.54. The third kappa shape index (κ3) is 1.27. The maximum Gasteiger partial charge on any atom is 0.136 e. The number of nitrogens with one attached hydrogen (secondary N) is 1. The van der Waals surface area contributed by atoms with Crippen LogP contribution in [-0.4, -0.2) is 17.3 Å². The molecule has 0 bridgehead atoms. The second kappa shape index (κ2) is 3.42. The monoisotopic (exact) mass is 219 g/mol. The van der Waals surface area contributed by atoms with Crippen molar-refractivity contribution >= 4 is 0 Å². The number of rotatable bonds is 1. The van der Waals surface area contributed by atoms with Gasteiger partial charge in [-0.15, -0.1) is 0 Å². The van der Waals surface area contributed by atoms with Gasteiger partial charge >= 0.3 is 0 Å². The van der Waals surface area contributed by atoms with Crippen molar-refractivity contribution in [1.82, 2.24) is 5.48 Å². The van der Waals surface area contributed by atoms with E-state index in [1.807, 2.05) is 18.2 Å². The molecule has 4 nitrogen and oxygen atoms in total. The van der Waals surface area contributed by atoms with Crippen LogP contribution in [0.5, 0.6) is 0 Å². The smallest absolute Gasteiger partial charge is 0.136 e. The normalized spacial score (nSPS) is 35.4. The predicted molar refractivity (Wildman–Crippen MR) is 57.7 cm³/mol. The molecule has 0 aromatic heterocycles. The second-order valence-corrected chi connectivity index (χ2v) is 4.07. The molecule has 0 amide bonds. The largest absolute Gasteiger partial charge is 0.497 e. The van der Waals surface area contributed by atoms with Gasteiger partial charge in [0.1, 0.15) is 17.6 Å². The van der Waals surface area contributed by atoms with Crippen molar-refractivity contribution < 1.29 is 14.7 Å². The molecule has 2 aliphatic heterocycles. The van der Waals surface area contributed by atoms with Gasteiger partial charge < -0.3 is 14.7 Å². The van der Waals surface area contributed by atoms with Crippen LogP contribution in [0.3, 0.4) is 0 Å². The van der Waals surface area contributed by atoms with E-state index in [1.54, 1.807) is 12.2 Å². The summed E-state index contributed by atoms with van der Waals surface area (Å²) in [7, 11) is 0. The van der Waals surface area contributed by atoms with Crippen LogP contribution >= 0.6 is 0 Å². The van der Waals surface area contributed by atoms with E-state index < -0.39 is 5.60 Å². The second-order valence-electron chi connectivity index (χ2n) is 4.07. The Balaban J connectivity index is 1.98. The standard InChI is InChI=1S/C12H13NO3/c14-12(11-4-2-7-16-13-11)6-1-3-10-9(12)5-8-15-10/h1-4,6-7,9,13-14H,5,8H2. The Morgan fingerprint density at radius 1 is 1.38 bits per heavy atom. The first-order valence-corrected chi connectivity index (χ1v) is 5.34. The van der Waals surface area contributed by atoms with E-state index in [-0.39, 0.29) is 5.92 Å². The Hall–Kier alpha value is -1.68. The molecule has 0 aromatic carbocycles. The first-order valence-electron chi connectivity index (χ1n) is 5.34. The maximum atomic E-state index is 10.7. The fourth-order valence-electron chi connectivity index (χ4n) is 2.34. The van der Waals surface area contributed by atoms with Crippen LogP contribution in [0.1, 0.15) is 6.42 Å². The van der Waals surface area contributed by atoms with Gasteiger partial charge in [0, 0.05) is 0 Å². The minimum atomic E-state index is -1.05. The minimum absolute atomic E-state index is 0.0219. The molecule has 84 valence electrons. The summed E-state index contributed by atoms with van der Waals surface area (Å²) in [6.45, 7) is 0.657. The van der Waals surface area contributed by atoms with E-state index in [0.717, 1.165) is 12.2 Å². The van der Waals surface area contributed by atoms with E-state index in [1.165, 1.54) is 6.26 Å². The third-order valence-corrected chi connectivity index (χ3v) is 3.17. The van der Waals surface area contributed by atoms with Gasteiger partial charge in [-0.3, -0.25) is 0 Å². The van der Waals surface area contributed by atoms with E-state index in [9.17, 15) is 5.11 Å². The molecule has 4 heteroatoms. The van der Waals surface area contributed by atoms with Gasteiger partial charge in [0.15, 0.2) is 0 Å². The summed E-state index contributed by atoms with van der Waals surface area (Å²) in [4.78, 5) is 5.00. The quantitative estimate of drug-likeness (QED) is 0.694. The molecule has 1 fully saturated rings. The molecule has 2 unspecified atom stereocenters. The first-order chi connectivity index (χ1) is 7.81. The summed E-state index contributed by atoms with van der Waals surface area (Å²) in [6, 6.07) is 0. The summed E-state index contributed by atoms with van der Waals surface area (Å²) in [5, 5.41) is 10.7.